The summed E-state index contributed by atoms with van der Waals surface area (Å²) in [5, 5.41) is 3.54. The highest BCUT2D eigenvalue weighted by molar-refractivity contribution is 6.31. The fraction of sp³-hybridized carbons (Fsp3) is 0.417. The number of methoxy groups -OCH3 is 1. The van der Waals surface area contributed by atoms with Crippen molar-refractivity contribution in [1.29, 1.82) is 0 Å². The van der Waals surface area contributed by atoms with Crippen LogP contribution in [0.2, 0.25) is 5.02 Å². The second-order valence-corrected chi connectivity index (χ2v) is 7.70. The molecule has 2 aromatic carbocycles. The second-order valence-electron chi connectivity index (χ2n) is 7.29. The van der Waals surface area contributed by atoms with Gasteiger partial charge in [0.2, 0.25) is 5.91 Å². The summed E-state index contributed by atoms with van der Waals surface area (Å²) in [5.41, 5.74) is 1.74. The zero-order valence-corrected chi connectivity index (χ0v) is 19.4. The fourth-order valence-corrected chi connectivity index (χ4v) is 3.31. The minimum absolute atomic E-state index is 0.164. The molecule has 0 fully saturated rings. The Morgan fingerprint density at radius 3 is 2.55 bits per heavy atom. The van der Waals surface area contributed by atoms with Gasteiger partial charge in [0.25, 0.3) is 5.91 Å². The van der Waals surface area contributed by atoms with Crippen molar-refractivity contribution in [1.82, 2.24) is 10.2 Å². The largest absolute Gasteiger partial charge is 0.497 e. The normalized spacial score (nSPS) is 11.5. The van der Waals surface area contributed by atoms with Crippen molar-refractivity contribution in [3.63, 3.8) is 0 Å². The molecule has 0 heterocycles. The number of halogens is 1. The molecule has 0 unspecified atom stereocenters. The van der Waals surface area contributed by atoms with Gasteiger partial charge in [-0.25, -0.2) is 0 Å². The van der Waals surface area contributed by atoms with Crippen molar-refractivity contribution >= 4 is 23.4 Å². The molecular formula is C24H31ClN2O4. The van der Waals surface area contributed by atoms with Gasteiger partial charge >= 0.3 is 0 Å². The van der Waals surface area contributed by atoms with Crippen LogP contribution in [0, 0.1) is 6.92 Å². The molecule has 0 aliphatic heterocycles. The number of amides is 2. The molecule has 0 aromatic heterocycles. The molecule has 2 amide bonds. The van der Waals surface area contributed by atoms with Crippen LogP contribution in [0.15, 0.2) is 42.5 Å². The lowest BCUT2D eigenvalue weighted by Gasteiger charge is -2.30. The topological polar surface area (TPSA) is 67.9 Å². The highest BCUT2D eigenvalue weighted by atomic mass is 35.5. The van der Waals surface area contributed by atoms with Crippen LogP contribution < -0.4 is 14.8 Å². The van der Waals surface area contributed by atoms with E-state index in [4.69, 9.17) is 21.1 Å². The molecule has 31 heavy (non-hydrogen) atoms. The van der Waals surface area contributed by atoms with Crippen molar-refractivity contribution in [2.24, 2.45) is 0 Å². The first-order valence-electron chi connectivity index (χ1n) is 10.5. The standard InChI is InChI=1S/C24H31ClN2O4/c1-5-12-26-24(29)22(6-2)27(15-18-8-7-9-19(14-18)30-4)23(28)16-31-20-10-11-21(25)17(3)13-20/h7-11,13-14,22H,5-6,12,15-16H2,1-4H3,(H,26,29)/t22-/m0/s1. The molecule has 168 valence electrons. The number of rotatable bonds is 11. The average molecular weight is 447 g/mol. The molecular weight excluding hydrogens is 416 g/mol. The summed E-state index contributed by atoms with van der Waals surface area (Å²) in [6, 6.07) is 12.1. The number of carbonyl (C=O) groups is 2. The Labute approximate surface area is 189 Å². The van der Waals surface area contributed by atoms with E-state index in [1.54, 1.807) is 30.2 Å². The minimum Gasteiger partial charge on any atom is -0.497 e. The minimum atomic E-state index is -0.596. The smallest absolute Gasteiger partial charge is 0.261 e. The Kier molecular flexibility index (Phi) is 9.66. The number of hydrogen-bond acceptors (Lipinski definition) is 4. The van der Waals surface area contributed by atoms with Gasteiger partial charge < -0.3 is 19.7 Å². The number of benzene rings is 2. The van der Waals surface area contributed by atoms with Gasteiger partial charge in [0, 0.05) is 18.1 Å². The lowest BCUT2D eigenvalue weighted by Crippen LogP contribution is -2.50. The fourth-order valence-electron chi connectivity index (χ4n) is 3.19. The molecule has 0 saturated heterocycles. The van der Waals surface area contributed by atoms with Crippen LogP contribution >= 0.6 is 11.6 Å². The molecule has 0 bridgehead atoms. The Balaban J connectivity index is 2.22. The maximum Gasteiger partial charge on any atom is 0.261 e. The van der Waals surface area contributed by atoms with E-state index in [9.17, 15) is 9.59 Å². The van der Waals surface area contributed by atoms with E-state index in [-0.39, 0.29) is 25.0 Å². The van der Waals surface area contributed by atoms with Crippen LogP contribution in [0.1, 0.15) is 37.8 Å². The van der Waals surface area contributed by atoms with Crippen LogP contribution in [0.5, 0.6) is 11.5 Å². The van der Waals surface area contributed by atoms with Crippen LogP contribution in [-0.2, 0) is 16.1 Å². The van der Waals surface area contributed by atoms with E-state index in [0.29, 0.717) is 29.5 Å². The van der Waals surface area contributed by atoms with E-state index < -0.39 is 6.04 Å². The summed E-state index contributed by atoms with van der Waals surface area (Å²) in [5.74, 6) is 0.818. The second kappa shape index (κ2) is 12.2. The molecule has 0 radical (unpaired) electrons. The maximum atomic E-state index is 13.2. The van der Waals surface area contributed by atoms with Crippen molar-refractivity contribution in [2.75, 3.05) is 20.3 Å². The van der Waals surface area contributed by atoms with Crippen molar-refractivity contribution in [3.05, 3.63) is 58.6 Å². The number of aryl methyl sites for hydroxylation is 1. The highest BCUT2D eigenvalue weighted by Gasteiger charge is 2.28. The molecule has 0 spiro atoms. The summed E-state index contributed by atoms with van der Waals surface area (Å²) < 4.78 is 11.0. The molecule has 7 heteroatoms. The maximum absolute atomic E-state index is 13.2. The molecule has 1 atom stereocenters. The Morgan fingerprint density at radius 2 is 1.90 bits per heavy atom. The number of ether oxygens (including phenoxy) is 2. The first-order chi connectivity index (χ1) is 14.9. The molecule has 2 rings (SSSR count). The number of nitrogens with zero attached hydrogens (tertiary/aromatic N) is 1. The van der Waals surface area contributed by atoms with Crippen LogP contribution in [0.4, 0.5) is 0 Å². The first-order valence-corrected chi connectivity index (χ1v) is 10.9. The van der Waals surface area contributed by atoms with Crippen LogP contribution in [-0.4, -0.2) is 43.0 Å². The predicted octanol–water partition coefficient (Wildman–Crippen LogP) is 4.37. The molecule has 0 saturated carbocycles. The van der Waals surface area contributed by atoms with Gasteiger partial charge in [0.15, 0.2) is 6.61 Å². The first kappa shape index (κ1) is 24.5. The van der Waals surface area contributed by atoms with Crippen LogP contribution in [0.3, 0.4) is 0 Å². The lowest BCUT2D eigenvalue weighted by atomic mass is 10.1. The summed E-state index contributed by atoms with van der Waals surface area (Å²) in [7, 11) is 1.59. The SMILES string of the molecule is CCCNC(=O)[C@H](CC)N(Cc1cccc(OC)c1)C(=O)COc1ccc(Cl)c(C)c1. The van der Waals surface area contributed by atoms with Gasteiger partial charge in [-0.3, -0.25) is 9.59 Å². The third-order valence-corrected chi connectivity index (χ3v) is 5.34. The van der Waals surface area contributed by atoms with E-state index in [2.05, 4.69) is 5.32 Å². The van der Waals surface area contributed by atoms with Gasteiger partial charge in [-0.2, -0.15) is 0 Å². The molecule has 0 aliphatic rings. The van der Waals surface area contributed by atoms with Crippen LogP contribution in [0.25, 0.3) is 0 Å². The molecule has 1 N–H and O–H groups in total. The Bertz CT molecular complexity index is 888. The number of nitrogens with one attached hydrogen (secondary N) is 1. The summed E-state index contributed by atoms with van der Waals surface area (Å²) in [4.78, 5) is 27.5. The molecule has 0 aliphatic carbocycles. The zero-order chi connectivity index (χ0) is 22.8. The van der Waals surface area contributed by atoms with Gasteiger partial charge in [-0.15, -0.1) is 0 Å². The van der Waals surface area contributed by atoms with E-state index in [0.717, 1.165) is 17.5 Å². The van der Waals surface area contributed by atoms with Gasteiger partial charge in [0.05, 0.1) is 7.11 Å². The predicted molar refractivity (Wildman–Crippen MR) is 123 cm³/mol. The summed E-state index contributed by atoms with van der Waals surface area (Å²) in [6.45, 7) is 6.42. The third kappa shape index (κ3) is 7.17. The quantitative estimate of drug-likeness (QED) is 0.556. The van der Waals surface area contributed by atoms with Crippen molar-refractivity contribution in [3.8, 4) is 11.5 Å². The number of carbonyl (C=O) groups excluding carboxylic acids is 2. The highest BCUT2D eigenvalue weighted by Crippen LogP contribution is 2.22. The van der Waals surface area contributed by atoms with Gasteiger partial charge in [0.1, 0.15) is 17.5 Å². The van der Waals surface area contributed by atoms with E-state index in [1.165, 1.54) is 0 Å². The van der Waals surface area contributed by atoms with E-state index in [1.807, 2.05) is 45.0 Å². The summed E-state index contributed by atoms with van der Waals surface area (Å²) in [6.07, 6.45) is 1.32. The molecule has 2 aromatic rings. The summed E-state index contributed by atoms with van der Waals surface area (Å²) >= 11 is 6.06. The average Bonchev–Trinajstić information content (AvgIpc) is 2.78. The Morgan fingerprint density at radius 1 is 1.13 bits per heavy atom. The zero-order valence-electron chi connectivity index (χ0n) is 18.6. The molecule has 6 nitrogen and oxygen atoms in total. The monoisotopic (exact) mass is 446 g/mol. The van der Waals surface area contributed by atoms with Gasteiger partial charge in [-0.1, -0.05) is 37.6 Å². The third-order valence-electron chi connectivity index (χ3n) is 4.91. The lowest BCUT2D eigenvalue weighted by molar-refractivity contribution is -0.143. The van der Waals surface area contributed by atoms with E-state index >= 15 is 0 Å². The van der Waals surface area contributed by atoms with Crippen molar-refractivity contribution in [2.45, 2.75) is 46.2 Å². The van der Waals surface area contributed by atoms with Crippen molar-refractivity contribution < 1.29 is 19.1 Å². The number of hydrogen-bond donors (Lipinski definition) is 1. The Hall–Kier alpha value is -2.73. The van der Waals surface area contributed by atoms with Gasteiger partial charge in [-0.05, 0) is 61.2 Å².